The molecule has 7 rings (SSSR count). The van der Waals surface area contributed by atoms with E-state index in [4.69, 9.17) is 14.5 Å². The predicted molar refractivity (Wildman–Crippen MR) is 172 cm³/mol. The summed E-state index contributed by atoms with van der Waals surface area (Å²) in [5.41, 5.74) is 6.98. The summed E-state index contributed by atoms with van der Waals surface area (Å²) in [5, 5.41) is 8.59. The summed E-state index contributed by atoms with van der Waals surface area (Å²) in [7, 11) is 3.92. The van der Waals surface area contributed by atoms with Crippen LogP contribution in [0.1, 0.15) is 5.56 Å². The van der Waals surface area contributed by atoms with Crippen molar-refractivity contribution >= 4 is 21.9 Å². The van der Waals surface area contributed by atoms with E-state index in [1.165, 1.54) is 12.1 Å². The number of aromatic amines is 2. The molecular weight excluding hydrogens is 569 g/mol. The number of likely N-dealkylation sites (N-methyl/N-ethyl adjacent to an activating group) is 1. The third kappa shape index (κ3) is 6.09. The molecule has 0 aliphatic rings. The summed E-state index contributed by atoms with van der Waals surface area (Å²) in [5.74, 6) is 1.29. The van der Waals surface area contributed by atoms with Gasteiger partial charge in [0.05, 0.1) is 22.9 Å². The van der Waals surface area contributed by atoms with Gasteiger partial charge < -0.3 is 19.4 Å². The second kappa shape index (κ2) is 12.2. The highest BCUT2D eigenvalue weighted by molar-refractivity contribution is 5.97. The minimum atomic E-state index is -0.406. The van der Waals surface area contributed by atoms with Gasteiger partial charge in [0.1, 0.15) is 41.7 Å². The number of aromatic nitrogens is 6. The van der Waals surface area contributed by atoms with Crippen LogP contribution in [0.5, 0.6) is 11.5 Å². The molecule has 0 bridgehead atoms. The zero-order valence-electron chi connectivity index (χ0n) is 24.8. The number of rotatable bonds is 10. The summed E-state index contributed by atoms with van der Waals surface area (Å²) in [4.78, 5) is 19.3. The van der Waals surface area contributed by atoms with Crippen LogP contribution in [0.3, 0.4) is 0 Å². The minimum Gasteiger partial charge on any atom is -0.492 e. The molecule has 2 N–H and O–H groups in total. The van der Waals surface area contributed by atoms with Crippen molar-refractivity contribution in [2.45, 2.75) is 6.61 Å². The minimum absolute atomic E-state index is 0.406. The normalized spacial score (nSPS) is 11.5. The van der Waals surface area contributed by atoms with Crippen LogP contribution in [0.15, 0.2) is 97.5 Å². The van der Waals surface area contributed by atoms with Gasteiger partial charge in [-0.05, 0) is 61.6 Å². The lowest BCUT2D eigenvalue weighted by atomic mass is 10.0. The summed E-state index contributed by atoms with van der Waals surface area (Å²) in [6.45, 7) is 1.61. The van der Waals surface area contributed by atoms with Crippen LogP contribution in [-0.2, 0) is 6.61 Å². The highest BCUT2D eigenvalue weighted by Gasteiger charge is 2.17. The van der Waals surface area contributed by atoms with Crippen molar-refractivity contribution in [1.82, 2.24) is 35.0 Å². The number of H-pyrrole nitrogens is 2. The summed E-state index contributed by atoms with van der Waals surface area (Å²) < 4.78 is 26.5. The van der Waals surface area contributed by atoms with Crippen molar-refractivity contribution in [3.05, 3.63) is 109 Å². The number of hydrogen-bond acceptors (Lipinski definition) is 7. The lowest BCUT2D eigenvalue weighted by Gasteiger charge is -2.12. The number of hydrogen-bond donors (Lipinski definition) is 2. The molecule has 0 fully saturated rings. The Morgan fingerprint density at radius 1 is 0.800 bits per heavy atom. The average Bonchev–Trinajstić information content (AvgIpc) is 3.68. The van der Waals surface area contributed by atoms with Crippen molar-refractivity contribution in [3.63, 3.8) is 0 Å². The van der Waals surface area contributed by atoms with E-state index in [1.54, 1.807) is 18.5 Å². The third-order valence-corrected chi connectivity index (χ3v) is 7.43. The summed E-state index contributed by atoms with van der Waals surface area (Å²) >= 11 is 0. The van der Waals surface area contributed by atoms with E-state index in [0.29, 0.717) is 59.5 Å². The second-order valence-electron chi connectivity index (χ2n) is 11.0. The van der Waals surface area contributed by atoms with Gasteiger partial charge in [0, 0.05) is 41.5 Å². The maximum Gasteiger partial charge on any atom is 0.159 e. The van der Waals surface area contributed by atoms with Gasteiger partial charge in [0.25, 0.3) is 0 Å². The number of halogens is 1. The van der Waals surface area contributed by atoms with E-state index in [0.717, 1.165) is 33.1 Å². The van der Waals surface area contributed by atoms with Crippen molar-refractivity contribution in [1.29, 1.82) is 0 Å². The molecule has 0 aliphatic carbocycles. The average molecular weight is 600 g/mol. The standard InChI is InChI=1S/C35H30FN7O2/c1-43(2)12-13-44-27-15-24(14-26(36)18-27)32-34-31(10-11-38-32)39-35(40-34)33-29-17-23(8-9-30(29)41-42-33)25-16-28(20-37-19-25)45-21-22-6-4-3-5-7-22/h3-11,14-20H,12-13,21H2,1-2H3,(H,39,40)(H,41,42). The maximum atomic E-state index is 14.7. The van der Waals surface area contributed by atoms with E-state index < -0.39 is 5.82 Å². The molecule has 10 heteroatoms. The van der Waals surface area contributed by atoms with Crippen molar-refractivity contribution in [2.75, 3.05) is 27.2 Å². The monoisotopic (exact) mass is 599 g/mol. The van der Waals surface area contributed by atoms with Gasteiger partial charge in [-0.15, -0.1) is 0 Å². The molecule has 0 saturated heterocycles. The Bertz CT molecular complexity index is 2110. The molecular formula is C35H30FN7O2. The number of imidazole rings is 1. The first kappa shape index (κ1) is 28.2. The number of ether oxygens (including phenoxy) is 2. The van der Waals surface area contributed by atoms with Crippen LogP contribution in [0.25, 0.3) is 55.8 Å². The van der Waals surface area contributed by atoms with Crippen LogP contribution >= 0.6 is 0 Å². The molecule has 4 heterocycles. The Labute approximate surface area is 258 Å². The van der Waals surface area contributed by atoms with Crippen LogP contribution in [0, 0.1) is 5.82 Å². The van der Waals surface area contributed by atoms with Gasteiger partial charge >= 0.3 is 0 Å². The van der Waals surface area contributed by atoms with Gasteiger partial charge in [-0.25, -0.2) is 9.37 Å². The van der Waals surface area contributed by atoms with E-state index >= 15 is 0 Å². The summed E-state index contributed by atoms with van der Waals surface area (Å²) in [6.07, 6.45) is 5.20. The number of nitrogens with zero attached hydrogens (tertiary/aromatic N) is 5. The van der Waals surface area contributed by atoms with Gasteiger partial charge in [-0.1, -0.05) is 36.4 Å². The molecule has 3 aromatic carbocycles. The van der Waals surface area contributed by atoms with Gasteiger partial charge in [0.15, 0.2) is 5.82 Å². The Morgan fingerprint density at radius 2 is 1.67 bits per heavy atom. The number of benzene rings is 3. The Morgan fingerprint density at radius 3 is 2.53 bits per heavy atom. The number of fused-ring (bicyclic) bond motifs is 2. The molecule has 45 heavy (non-hydrogen) atoms. The third-order valence-electron chi connectivity index (χ3n) is 7.43. The zero-order chi connectivity index (χ0) is 30.8. The maximum absolute atomic E-state index is 14.7. The largest absolute Gasteiger partial charge is 0.492 e. The first-order valence-corrected chi connectivity index (χ1v) is 14.5. The van der Waals surface area contributed by atoms with Gasteiger partial charge in [0.2, 0.25) is 0 Å². The molecule has 0 saturated carbocycles. The Balaban J connectivity index is 1.20. The molecule has 0 unspecified atom stereocenters. The second-order valence-corrected chi connectivity index (χ2v) is 11.0. The van der Waals surface area contributed by atoms with E-state index in [-0.39, 0.29) is 0 Å². The quantitative estimate of drug-likeness (QED) is 0.176. The topological polar surface area (TPSA) is 105 Å². The fourth-order valence-electron chi connectivity index (χ4n) is 5.16. The first-order valence-electron chi connectivity index (χ1n) is 14.5. The SMILES string of the molecule is CN(C)CCOc1cc(F)cc(-c2nccc3[nH]c(-c4n[nH]c5ccc(-c6cncc(OCc7ccccc7)c6)cc45)nc23)c1. The highest BCUT2D eigenvalue weighted by atomic mass is 19.1. The molecule has 9 nitrogen and oxygen atoms in total. The van der Waals surface area contributed by atoms with Crippen LogP contribution < -0.4 is 9.47 Å². The lowest BCUT2D eigenvalue weighted by Crippen LogP contribution is -2.19. The van der Waals surface area contributed by atoms with Crippen molar-refractivity contribution < 1.29 is 13.9 Å². The van der Waals surface area contributed by atoms with Gasteiger partial charge in [-0.3, -0.25) is 15.1 Å². The molecule has 7 aromatic rings. The molecule has 4 aromatic heterocycles. The molecule has 224 valence electrons. The summed E-state index contributed by atoms with van der Waals surface area (Å²) in [6, 6.07) is 24.5. The number of pyridine rings is 2. The fourth-order valence-corrected chi connectivity index (χ4v) is 5.16. The Hall–Kier alpha value is -5.61. The van der Waals surface area contributed by atoms with Crippen LogP contribution in [0.4, 0.5) is 4.39 Å². The zero-order valence-corrected chi connectivity index (χ0v) is 24.8. The fraction of sp³-hybridized carbons (Fsp3) is 0.143. The van der Waals surface area contributed by atoms with E-state index in [9.17, 15) is 4.39 Å². The molecule has 0 radical (unpaired) electrons. The molecule has 0 atom stereocenters. The predicted octanol–water partition coefficient (Wildman–Crippen LogP) is 6.89. The number of nitrogens with one attached hydrogen (secondary N) is 2. The molecule has 0 amide bonds. The smallest absolute Gasteiger partial charge is 0.159 e. The van der Waals surface area contributed by atoms with Crippen LogP contribution in [-0.4, -0.2) is 62.3 Å². The van der Waals surface area contributed by atoms with E-state index in [2.05, 4.69) is 31.2 Å². The molecule has 0 aliphatic heterocycles. The van der Waals surface area contributed by atoms with Crippen molar-refractivity contribution in [3.8, 4) is 45.4 Å². The highest BCUT2D eigenvalue weighted by Crippen LogP contribution is 2.34. The van der Waals surface area contributed by atoms with Gasteiger partial charge in [-0.2, -0.15) is 5.10 Å². The van der Waals surface area contributed by atoms with Crippen LogP contribution in [0.2, 0.25) is 0 Å². The van der Waals surface area contributed by atoms with Crippen molar-refractivity contribution in [2.24, 2.45) is 0 Å². The first-order chi connectivity index (χ1) is 22.0. The van der Waals surface area contributed by atoms with E-state index in [1.807, 2.05) is 79.8 Å². The lowest BCUT2D eigenvalue weighted by molar-refractivity contribution is 0.260. The Kier molecular flexibility index (Phi) is 7.62. The molecule has 0 spiro atoms.